The zero-order chi connectivity index (χ0) is 22.6. The summed E-state index contributed by atoms with van der Waals surface area (Å²) in [5.74, 6) is 1.05. The molecule has 0 aliphatic heterocycles. The lowest BCUT2D eigenvalue weighted by molar-refractivity contribution is 0.0963. The average Bonchev–Trinajstić information content (AvgIpc) is 2.86. The van der Waals surface area contributed by atoms with E-state index in [0.717, 1.165) is 37.5 Å². The smallest absolute Gasteiger partial charge is 0.251 e. The molecule has 0 aromatic heterocycles. The number of amides is 1. The molecule has 0 aliphatic carbocycles. The number of aliphatic imine (C=N–C) groups is 1. The van der Waals surface area contributed by atoms with Gasteiger partial charge in [-0.25, -0.2) is 0 Å². The number of carbonyl (C=O) groups is 1. The summed E-state index contributed by atoms with van der Waals surface area (Å²) in [5.41, 5.74) is 4.42. The van der Waals surface area contributed by atoms with E-state index >= 15 is 0 Å². The fraction of sp³-hybridized carbons (Fsp3) is 0.259. The van der Waals surface area contributed by atoms with Crippen LogP contribution in [0.15, 0.2) is 89.9 Å². The second-order valence-corrected chi connectivity index (χ2v) is 7.71. The Morgan fingerprint density at radius 1 is 0.879 bits per heavy atom. The van der Waals surface area contributed by atoms with Crippen LogP contribution in [0.5, 0.6) is 0 Å². The zero-order valence-electron chi connectivity index (χ0n) is 19.3. The van der Waals surface area contributed by atoms with Crippen molar-refractivity contribution in [2.45, 2.75) is 18.8 Å². The second-order valence-electron chi connectivity index (χ2n) is 7.71. The molecule has 33 heavy (non-hydrogen) atoms. The van der Waals surface area contributed by atoms with Crippen molar-refractivity contribution in [3.63, 3.8) is 0 Å². The van der Waals surface area contributed by atoms with E-state index in [4.69, 9.17) is 0 Å². The third kappa shape index (κ3) is 8.53. The maximum absolute atomic E-state index is 11.8. The quantitative estimate of drug-likeness (QED) is 0.208. The molecular formula is C27H33IN4O. The Labute approximate surface area is 214 Å². The molecule has 3 rings (SSSR count). The van der Waals surface area contributed by atoms with Crippen LogP contribution in [0, 0.1) is 0 Å². The molecule has 1 atom stereocenters. The molecule has 3 aromatic carbocycles. The van der Waals surface area contributed by atoms with Crippen LogP contribution >= 0.6 is 24.0 Å². The van der Waals surface area contributed by atoms with Gasteiger partial charge in [-0.3, -0.25) is 9.79 Å². The van der Waals surface area contributed by atoms with Gasteiger partial charge in [0, 0.05) is 38.7 Å². The Hall–Kier alpha value is -2.87. The first kappa shape index (κ1) is 26.4. The van der Waals surface area contributed by atoms with Crippen molar-refractivity contribution in [1.82, 2.24) is 16.0 Å². The summed E-state index contributed by atoms with van der Waals surface area (Å²) in [5, 5.41) is 9.54. The molecule has 0 radical (unpaired) electrons. The highest BCUT2D eigenvalue weighted by Gasteiger charge is 2.13. The molecule has 6 heteroatoms. The van der Waals surface area contributed by atoms with Gasteiger partial charge in [-0.2, -0.15) is 0 Å². The summed E-state index contributed by atoms with van der Waals surface area (Å²) in [6, 6.07) is 28.9. The number of nitrogens with one attached hydrogen (secondary N) is 3. The molecule has 1 amide bonds. The average molecular weight is 556 g/mol. The Morgan fingerprint density at radius 2 is 1.55 bits per heavy atom. The van der Waals surface area contributed by atoms with Crippen LogP contribution in [0.4, 0.5) is 0 Å². The van der Waals surface area contributed by atoms with Gasteiger partial charge < -0.3 is 16.0 Å². The fourth-order valence-corrected chi connectivity index (χ4v) is 3.71. The summed E-state index contributed by atoms with van der Waals surface area (Å²) in [6.07, 6.45) is 1.76. The molecule has 0 saturated carbocycles. The van der Waals surface area contributed by atoms with Crippen LogP contribution in [0.3, 0.4) is 0 Å². The number of halogens is 1. The van der Waals surface area contributed by atoms with E-state index in [1.54, 1.807) is 14.1 Å². The number of benzene rings is 3. The monoisotopic (exact) mass is 556 g/mol. The predicted octanol–water partition coefficient (Wildman–Crippen LogP) is 4.40. The van der Waals surface area contributed by atoms with Gasteiger partial charge in [-0.15, -0.1) is 24.0 Å². The molecule has 0 saturated heterocycles. The third-order valence-corrected chi connectivity index (χ3v) is 5.46. The maximum Gasteiger partial charge on any atom is 0.251 e. The number of guanidine groups is 1. The number of rotatable bonds is 9. The SMILES string of the molecule is CN=C(NCCc1cccc(C(=O)NC)c1)NCC(Cc1ccccc1)c1ccccc1.I. The van der Waals surface area contributed by atoms with Gasteiger partial charge in [0.05, 0.1) is 0 Å². The lowest BCUT2D eigenvalue weighted by atomic mass is 9.92. The molecule has 0 aliphatic rings. The lowest BCUT2D eigenvalue weighted by Gasteiger charge is -2.20. The van der Waals surface area contributed by atoms with E-state index in [0.29, 0.717) is 11.5 Å². The van der Waals surface area contributed by atoms with Gasteiger partial charge >= 0.3 is 0 Å². The Bertz CT molecular complexity index is 1010. The minimum Gasteiger partial charge on any atom is -0.356 e. The van der Waals surface area contributed by atoms with E-state index in [9.17, 15) is 4.79 Å². The van der Waals surface area contributed by atoms with Crippen molar-refractivity contribution < 1.29 is 4.79 Å². The second kappa shape index (κ2) is 14.3. The van der Waals surface area contributed by atoms with Gasteiger partial charge in [-0.05, 0) is 41.7 Å². The van der Waals surface area contributed by atoms with E-state index in [-0.39, 0.29) is 29.9 Å². The Balaban J connectivity index is 0.00000385. The standard InChI is InChI=1S/C27H32N4O.HI/c1-28-26(32)24-15-9-12-22(18-24)16-17-30-27(29-2)31-20-25(23-13-7-4-8-14-23)19-21-10-5-3-6-11-21;/h3-15,18,25H,16-17,19-20H2,1-2H3,(H,28,32)(H2,29,30,31);1H. The topological polar surface area (TPSA) is 65.5 Å². The summed E-state index contributed by atoms with van der Waals surface area (Å²) in [4.78, 5) is 16.2. The first-order chi connectivity index (χ1) is 15.7. The van der Waals surface area contributed by atoms with Gasteiger partial charge in [0.1, 0.15) is 0 Å². The van der Waals surface area contributed by atoms with Gasteiger partial charge in [-0.1, -0.05) is 72.8 Å². The van der Waals surface area contributed by atoms with Gasteiger partial charge in [0.2, 0.25) is 0 Å². The van der Waals surface area contributed by atoms with Crippen molar-refractivity contribution in [3.8, 4) is 0 Å². The molecule has 3 N–H and O–H groups in total. The van der Waals surface area contributed by atoms with E-state index < -0.39 is 0 Å². The van der Waals surface area contributed by atoms with Crippen molar-refractivity contribution in [3.05, 3.63) is 107 Å². The lowest BCUT2D eigenvalue weighted by Crippen LogP contribution is -2.40. The summed E-state index contributed by atoms with van der Waals surface area (Å²) < 4.78 is 0. The zero-order valence-corrected chi connectivity index (χ0v) is 21.6. The number of hydrogen-bond acceptors (Lipinski definition) is 2. The maximum atomic E-state index is 11.8. The van der Waals surface area contributed by atoms with Crippen LogP contribution < -0.4 is 16.0 Å². The van der Waals surface area contributed by atoms with E-state index in [1.165, 1.54) is 11.1 Å². The van der Waals surface area contributed by atoms with Crippen LogP contribution in [0.2, 0.25) is 0 Å². The summed E-state index contributed by atoms with van der Waals surface area (Å²) >= 11 is 0. The van der Waals surface area contributed by atoms with Gasteiger partial charge in [0.25, 0.3) is 5.91 Å². The van der Waals surface area contributed by atoms with Crippen LogP contribution in [0.25, 0.3) is 0 Å². The first-order valence-electron chi connectivity index (χ1n) is 11.0. The van der Waals surface area contributed by atoms with Gasteiger partial charge in [0.15, 0.2) is 5.96 Å². The molecule has 1 unspecified atom stereocenters. The van der Waals surface area contributed by atoms with Crippen LogP contribution in [0.1, 0.15) is 33.0 Å². The van der Waals surface area contributed by atoms with Crippen molar-refractivity contribution in [1.29, 1.82) is 0 Å². The Kier molecular flexibility index (Phi) is 11.4. The molecule has 5 nitrogen and oxygen atoms in total. The highest BCUT2D eigenvalue weighted by atomic mass is 127. The fourth-order valence-electron chi connectivity index (χ4n) is 3.71. The minimum absolute atomic E-state index is 0. The number of nitrogens with zero attached hydrogens (tertiary/aromatic N) is 1. The van der Waals surface area contributed by atoms with E-state index in [1.807, 2.05) is 24.3 Å². The first-order valence-corrected chi connectivity index (χ1v) is 11.0. The molecular weight excluding hydrogens is 523 g/mol. The molecule has 3 aromatic rings. The van der Waals surface area contributed by atoms with Crippen molar-refractivity contribution in [2.75, 3.05) is 27.2 Å². The van der Waals surface area contributed by atoms with Crippen molar-refractivity contribution >= 4 is 35.8 Å². The molecule has 0 spiro atoms. The number of hydrogen-bond donors (Lipinski definition) is 3. The molecule has 0 heterocycles. The normalized spacial score (nSPS) is 11.8. The molecule has 174 valence electrons. The minimum atomic E-state index is -0.0670. The third-order valence-electron chi connectivity index (χ3n) is 5.46. The predicted molar refractivity (Wildman–Crippen MR) is 148 cm³/mol. The Morgan fingerprint density at radius 3 is 2.21 bits per heavy atom. The molecule has 0 bridgehead atoms. The summed E-state index contributed by atoms with van der Waals surface area (Å²) in [6.45, 7) is 1.51. The largest absolute Gasteiger partial charge is 0.356 e. The highest BCUT2D eigenvalue weighted by Crippen LogP contribution is 2.20. The van der Waals surface area contributed by atoms with Crippen LogP contribution in [-0.2, 0) is 12.8 Å². The van der Waals surface area contributed by atoms with Crippen LogP contribution in [-0.4, -0.2) is 39.1 Å². The van der Waals surface area contributed by atoms with Crippen molar-refractivity contribution in [2.24, 2.45) is 4.99 Å². The van der Waals surface area contributed by atoms with E-state index in [2.05, 4.69) is 81.6 Å². The highest BCUT2D eigenvalue weighted by molar-refractivity contribution is 14.0. The molecule has 0 fully saturated rings. The summed E-state index contributed by atoms with van der Waals surface area (Å²) in [7, 11) is 3.43. The number of carbonyl (C=O) groups excluding carboxylic acids is 1.